The summed E-state index contributed by atoms with van der Waals surface area (Å²) in [5.41, 5.74) is 6.39. The maximum Gasteiger partial charge on any atom is 0.342 e. The predicted octanol–water partition coefficient (Wildman–Crippen LogP) is 2.60. The molecule has 1 rings (SSSR count). The fourth-order valence-electron chi connectivity index (χ4n) is 1.19. The van der Waals surface area contributed by atoms with E-state index in [9.17, 15) is 4.79 Å². The zero-order valence-corrected chi connectivity index (χ0v) is 10.7. The van der Waals surface area contributed by atoms with E-state index in [0.29, 0.717) is 23.6 Å². The van der Waals surface area contributed by atoms with Gasteiger partial charge >= 0.3 is 5.97 Å². The van der Waals surface area contributed by atoms with Crippen LogP contribution in [-0.2, 0) is 4.74 Å². The Bertz CT molecular complexity index is 432. The maximum absolute atomic E-state index is 11.7. The highest BCUT2D eigenvalue weighted by molar-refractivity contribution is 5.93. The van der Waals surface area contributed by atoms with Crippen molar-refractivity contribution in [2.45, 2.75) is 0 Å². The first-order valence-corrected chi connectivity index (χ1v) is 5.10. The Morgan fingerprint density at radius 3 is 2.56 bits per heavy atom. The highest BCUT2D eigenvalue weighted by atomic mass is 35.5. The standard InChI is InChI=1S/C13H15NO3.ClH/c1-3-7-16-12-6-5-10(14)9-11(12)13(15)17-8-4-2;/h3-6,9H,1-2,7-8,14H2;1H. The SMILES string of the molecule is C=CCOC(=O)c1cc(N)ccc1OCC=C.Cl. The van der Waals surface area contributed by atoms with Crippen LogP contribution in [0.1, 0.15) is 10.4 Å². The number of benzene rings is 1. The first kappa shape index (κ1) is 16.1. The number of carbonyl (C=O) groups is 1. The summed E-state index contributed by atoms with van der Waals surface area (Å²) >= 11 is 0. The van der Waals surface area contributed by atoms with Gasteiger partial charge < -0.3 is 15.2 Å². The third kappa shape index (κ3) is 4.51. The summed E-state index contributed by atoms with van der Waals surface area (Å²) < 4.78 is 10.3. The second-order valence-electron chi connectivity index (χ2n) is 3.24. The number of rotatable bonds is 6. The number of nitrogen functional groups attached to an aromatic ring is 1. The van der Waals surface area contributed by atoms with Gasteiger partial charge in [0.15, 0.2) is 0 Å². The van der Waals surface area contributed by atoms with Gasteiger partial charge in [-0.05, 0) is 18.2 Å². The largest absolute Gasteiger partial charge is 0.489 e. The molecule has 18 heavy (non-hydrogen) atoms. The number of anilines is 1. The molecule has 0 heterocycles. The molecule has 1 aromatic rings. The summed E-state index contributed by atoms with van der Waals surface area (Å²) in [6, 6.07) is 4.80. The molecule has 4 nitrogen and oxygen atoms in total. The Labute approximate surface area is 112 Å². The van der Waals surface area contributed by atoms with Gasteiger partial charge in [0, 0.05) is 5.69 Å². The number of carbonyl (C=O) groups excluding carboxylic acids is 1. The molecule has 0 amide bonds. The quantitative estimate of drug-likeness (QED) is 0.490. The lowest BCUT2D eigenvalue weighted by Gasteiger charge is -2.10. The smallest absolute Gasteiger partial charge is 0.342 e. The van der Waals surface area contributed by atoms with Crippen molar-refractivity contribution in [2.24, 2.45) is 0 Å². The normalized spacial score (nSPS) is 8.89. The zero-order chi connectivity index (χ0) is 12.7. The molecule has 1 aromatic carbocycles. The summed E-state index contributed by atoms with van der Waals surface area (Å²) in [5, 5.41) is 0. The van der Waals surface area contributed by atoms with Crippen LogP contribution in [0.25, 0.3) is 0 Å². The molecule has 0 radical (unpaired) electrons. The van der Waals surface area contributed by atoms with E-state index >= 15 is 0 Å². The van der Waals surface area contributed by atoms with E-state index in [-0.39, 0.29) is 19.0 Å². The first-order valence-electron chi connectivity index (χ1n) is 5.10. The van der Waals surface area contributed by atoms with Crippen LogP contribution in [0, 0.1) is 0 Å². The third-order valence-corrected chi connectivity index (χ3v) is 1.91. The number of hydrogen-bond donors (Lipinski definition) is 1. The minimum absolute atomic E-state index is 0. The Morgan fingerprint density at radius 1 is 1.28 bits per heavy atom. The van der Waals surface area contributed by atoms with Crippen molar-refractivity contribution in [1.29, 1.82) is 0 Å². The summed E-state index contributed by atoms with van der Waals surface area (Å²) in [6.07, 6.45) is 3.09. The Kier molecular flexibility index (Phi) is 7.31. The first-order chi connectivity index (χ1) is 8.19. The number of esters is 1. The predicted molar refractivity (Wildman–Crippen MR) is 74.3 cm³/mol. The van der Waals surface area contributed by atoms with Crippen LogP contribution in [0.2, 0.25) is 0 Å². The molecule has 0 aliphatic heterocycles. The average molecular weight is 270 g/mol. The minimum Gasteiger partial charge on any atom is -0.489 e. The molecular weight excluding hydrogens is 254 g/mol. The van der Waals surface area contributed by atoms with Gasteiger partial charge in [-0.2, -0.15) is 0 Å². The highest BCUT2D eigenvalue weighted by Gasteiger charge is 2.13. The number of nitrogens with two attached hydrogens (primary N) is 1. The molecule has 5 heteroatoms. The Morgan fingerprint density at radius 2 is 1.94 bits per heavy atom. The van der Waals surface area contributed by atoms with Crippen molar-refractivity contribution in [3.8, 4) is 5.75 Å². The van der Waals surface area contributed by atoms with Gasteiger partial charge in [0.1, 0.15) is 24.5 Å². The van der Waals surface area contributed by atoms with Gasteiger partial charge in [-0.25, -0.2) is 4.79 Å². The van der Waals surface area contributed by atoms with Crippen LogP contribution in [0.3, 0.4) is 0 Å². The van der Waals surface area contributed by atoms with Gasteiger partial charge in [-0.3, -0.25) is 0 Å². The molecular formula is C13H16ClNO3. The molecule has 0 aliphatic rings. The summed E-state index contributed by atoms with van der Waals surface area (Å²) in [4.78, 5) is 11.7. The monoisotopic (exact) mass is 269 g/mol. The van der Waals surface area contributed by atoms with Crippen LogP contribution < -0.4 is 10.5 Å². The highest BCUT2D eigenvalue weighted by Crippen LogP contribution is 2.22. The van der Waals surface area contributed by atoms with Crippen LogP contribution in [-0.4, -0.2) is 19.2 Å². The van der Waals surface area contributed by atoms with E-state index in [1.165, 1.54) is 12.1 Å². The van der Waals surface area contributed by atoms with E-state index in [4.69, 9.17) is 15.2 Å². The molecule has 98 valence electrons. The molecule has 0 saturated carbocycles. The van der Waals surface area contributed by atoms with E-state index in [1.54, 1.807) is 18.2 Å². The molecule has 0 bridgehead atoms. The van der Waals surface area contributed by atoms with E-state index < -0.39 is 5.97 Å². The van der Waals surface area contributed by atoms with Gasteiger partial charge in [0.05, 0.1) is 0 Å². The van der Waals surface area contributed by atoms with Gasteiger partial charge in [-0.15, -0.1) is 12.4 Å². The zero-order valence-electron chi connectivity index (χ0n) is 9.93. The van der Waals surface area contributed by atoms with Crippen LogP contribution in [0.4, 0.5) is 5.69 Å². The molecule has 0 aromatic heterocycles. The Balaban J connectivity index is 0.00000289. The molecule has 0 aliphatic carbocycles. The van der Waals surface area contributed by atoms with Crippen molar-refractivity contribution in [3.05, 3.63) is 49.1 Å². The lowest BCUT2D eigenvalue weighted by Crippen LogP contribution is -2.09. The van der Waals surface area contributed by atoms with Crippen molar-refractivity contribution in [3.63, 3.8) is 0 Å². The summed E-state index contributed by atoms with van der Waals surface area (Å²) in [5.74, 6) is -0.0653. The minimum atomic E-state index is -0.490. The van der Waals surface area contributed by atoms with Crippen LogP contribution >= 0.6 is 12.4 Å². The number of halogens is 1. The van der Waals surface area contributed by atoms with Crippen molar-refractivity contribution in [1.82, 2.24) is 0 Å². The molecule has 2 N–H and O–H groups in total. The molecule has 0 unspecified atom stereocenters. The number of ether oxygens (including phenoxy) is 2. The second kappa shape index (κ2) is 8.20. The topological polar surface area (TPSA) is 61.5 Å². The summed E-state index contributed by atoms with van der Waals surface area (Å²) in [6.45, 7) is 7.47. The average Bonchev–Trinajstić information content (AvgIpc) is 2.34. The van der Waals surface area contributed by atoms with Gasteiger partial charge in [-0.1, -0.05) is 25.3 Å². The third-order valence-electron chi connectivity index (χ3n) is 1.91. The van der Waals surface area contributed by atoms with Crippen LogP contribution in [0.15, 0.2) is 43.5 Å². The van der Waals surface area contributed by atoms with Gasteiger partial charge in [0.25, 0.3) is 0 Å². The van der Waals surface area contributed by atoms with Crippen molar-refractivity contribution >= 4 is 24.1 Å². The van der Waals surface area contributed by atoms with Crippen LogP contribution in [0.5, 0.6) is 5.75 Å². The van der Waals surface area contributed by atoms with E-state index in [0.717, 1.165) is 0 Å². The molecule has 0 fully saturated rings. The van der Waals surface area contributed by atoms with E-state index in [2.05, 4.69) is 13.2 Å². The van der Waals surface area contributed by atoms with Gasteiger partial charge in [0.2, 0.25) is 0 Å². The fraction of sp³-hybridized carbons (Fsp3) is 0.154. The maximum atomic E-state index is 11.7. The molecule has 0 atom stereocenters. The summed E-state index contributed by atoms with van der Waals surface area (Å²) in [7, 11) is 0. The number of hydrogen-bond acceptors (Lipinski definition) is 4. The lowest BCUT2D eigenvalue weighted by atomic mass is 10.2. The van der Waals surface area contributed by atoms with Crippen molar-refractivity contribution in [2.75, 3.05) is 18.9 Å². The Hall–Kier alpha value is -1.94. The molecule has 0 spiro atoms. The lowest BCUT2D eigenvalue weighted by molar-refractivity contribution is 0.0545. The second-order valence-corrected chi connectivity index (χ2v) is 3.24. The van der Waals surface area contributed by atoms with Crippen molar-refractivity contribution < 1.29 is 14.3 Å². The van der Waals surface area contributed by atoms with E-state index in [1.807, 2.05) is 0 Å². The molecule has 0 saturated heterocycles. The fourth-order valence-corrected chi connectivity index (χ4v) is 1.19.